The molecule has 0 saturated carbocycles. The number of hydrogen-bond donors (Lipinski definition) is 0. The molecule has 1 aromatic rings. The monoisotopic (exact) mass is 170 g/mol. The molecule has 0 bridgehead atoms. The van der Waals surface area contributed by atoms with Crippen LogP contribution in [0.15, 0.2) is 12.1 Å². The van der Waals surface area contributed by atoms with Crippen LogP contribution in [0.2, 0.25) is 0 Å². The van der Waals surface area contributed by atoms with Gasteiger partial charge in [-0.2, -0.15) is 0 Å². The molecule has 0 unspecified atom stereocenters. The quantitative estimate of drug-likeness (QED) is 0.525. The van der Waals surface area contributed by atoms with E-state index in [-0.39, 0.29) is 0 Å². The van der Waals surface area contributed by atoms with Crippen molar-refractivity contribution in [3.63, 3.8) is 0 Å². The number of fused-ring (bicyclic) bond motifs is 1. The van der Waals surface area contributed by atoms with Crippen molar-refractivity contribution in [2.45, 2.75) is 33.1 Å². The van der Waals surface area contributed by atoms with Crippen molar-refractivity contribution in [1.82, 2.24) is 0 Å². The maximum atomic E-state index is 3.28. The minimum absolute atomic E-state index is 1.05. The van der Waals surface area contributed by atoms with Crippen LogP contribution in [-0.4, -0.2) is 0 Å². The van der Waals surface area contributed by atoms with Gasteiger partial charge >= 0.3 is 0 Å². The highest BCUT2D eigenvalue weighted by Gasteiger charge is 2.07. The van der Waals surface area contributed by atoms with Gasteiger partial charge in [0.1, 0.15) is 0 Å². The van der Waals surface area contributed by atoms with E-state index in [0.717, 1.165) is 6.42 Å². The van der Waals surface area contributed by atoms with Crippen molar-refractivity contribution in [2.75, 3.05) is 0 Å². The average Bonchev–Trinajstić information content (AvgIpc) is 2.36. The smallest absolute Gasteiger partial charge is 0.0309 e. The van der Waals surface area contributed by atoms with Gasteiger partial charge in [0.15, 0.2) is 0 Å². The second-order valence-electron chi connectivity index (χ2n) is 3.70. The number of benzene rings is 1. The first-order valence-electron chi connectivity index (χ1n) is 4.87. The highest BCUT2D eigenvalue weighted by Crippen LogP contribution is 2.20. The van der Waals surface area contributed by atoms with Gasteiger partial charge < -0.3 is 0 Å². The van der Waals surface area contributed by atoms with Gasteiger partial charge in [-0.05, 0) is 43.4 Å². The lowest BCUT2D eigenvalue weighted by Crippen LogP contribution is -1.94. The van der Waals surface area contributed by atoms with Crippen LogP contribution in [0.1, 0.15) is 35.1 Å². The van der Waals surface area contributed by atoms with Crippen molar-refractivity contribution in [1.29, 1.82) is 0 Å². The molecule has 0 nitrogen and oxygen atoms in total. The Morgan fingerprint density at radius 3 is 2.92 bits per heavy atom. The molecule has 0 aromatic heterocycles. The van der Waals surface area contributed by atoms with Gasteiger partial charge in [-0.25, -0.2) is 0 Å². The summed E-state index contributed by atoms with van der Waals surface area (Å²) in [6.07, 6.45) is 3.44. The van der Waals surface area contributed by atoms with Crippen LogP contribution >= 0.6 is 0 Å². The summed E-state index contributed by atoms with van der Waals surface area (Å²) in [7, 11) is 0. The lowest BCUT2D eigenvalue weighted by atomic mass is 9.96. The van der Waals surface area contributed by atoms with E-state index in [1.54, 1.807) is 0 Å². The molecule has 0 atom stereocenters. The van der Waals surface area contributed by atoms with Gasteiger partial charge in [-0.15, -0.1) is 0 Å². The average molecular weight is 170 g/mol. The van der Waals surface area contributed by atoms with Crippen LogP contribution in [-0.2, 0) is 6.42 Å². The molecule has 0 amide bonds. The topological polar surface area (TPSA) is 0 Å². The Morgan fingerprint density at radius 1 is 1.23 bits per heavy atom. The van der Waals surface area contributed by atoms with Gasteiger partial charge in [-0.3, -0.25) is 0 Å². The first kappa shape index (κ1) is 8.38. The Labute approximate surface area is 80.0 Å². The fourth-order valence-corrected chi connectivity index (χ4v) is 1.77. The van der Waals surface area contributed by atoms with Crippen LogP contribution in [0, 0.1) is 25.7 Å². The predicted octanol–water partition coefficient (Wildman–Crippen LogP) is 2.99. The van der Waals surface area contributed by atoms with E-state index >= 15 is 0 Å². The van der Waals surface area contributed by atoms with Crippen molar-refractivity contribution >= 4 is 0 Å². The van der Waals surface area contributed by atoms with E-state index < -0.39 is 0 Å². The molecule has 0 heteroatoms. The van der Waals surface area contributed by atoms with Gasteiger partial charge in [0, 0.05) is 12.0 Å². The van der Waals surface area contributed by atoms with Crippen LogP contribution < -0.4 is 0 Å². The third-order valence-corrected chi connectivity index (χ3v) is 2.78. The first-order valence-corrected chi connectivity index (χ1v) is 4.87. The first-order chi connectivity index (χ1) is 6.29. The van der Waals surface area contributed by atoms with E-state index in [2.05, 4.69) is 37.8 Å². The third-order valence-electron chi connectivity index (χ3n) is 2.78. The zero-order valence-corrected chi connectivity index (χ0v) is 8.28. The zero-order chi connectivity index (χ0) is 9.26. The number of aryl methyl sites for hydroxylation is 2. The van der Waals surface area contributed by atoms with Crippen LogP contribution in [0.4, 0.5) is 0 Å². The lowest BCUT2D eigenvalue weighted by molar-refractivity contribution is 0.861. The van der Waals surface area contributed by atoms with E-state index in [0.29, 0.717) is 0 Å². The fourth-order valence-electron chi connectivity index (χ4n) is 1.77. The van der Waals surface area contributed by atoms with Crippen molar-refractivity contribution < 1.29 is 0 Å². The second-order valence-corrected chi connectivity index (χ2v) is 3.70. The molecule has 0 heterocycles. The fraction of sp³-hybridized carbons (Fsp3) is 0.385. The van der Waals surface area contributed by atoms with Gasteiger partial charge in [0.25, 0.3) is 0 Å². The molecule has 1 aromatic carbocycles. The molecular weight excluding hydrogens is 156 g/mol. The van der Waals surface area contributed by atoms with Gasteiger partial charge in [0.2, 0.25) is 0 Å². The summed E-state index contributed by atoms with van der Waals surface area (Å²) in [5, 5.41) is 0. The molecule has 0 saturated heterocycles. The van der Waals surface area contributed by atoms with Crippen LogP contribution in [0.5, 0.6) is 0 Å². The summed E-state index contributed by atoms with van der Waals surface area (Å²) in [6, 6.07) is 4.44. The van der Waals surface area contributed by atoms with E-state index in [4.69, 9.17) is 0 Å². The van der Waals surface area contributed by atoms with Crippen molar-refractivity contribution in [2.24, 2.45) is 0 Å². The molecule has 1 aliphatic carbocycles. The number of rotatable bonds is 0. The third kappa shape index (κ3) is 1.47. The Balaban J connectivity index is 2.62. The summed E-state index contributed by atoms with van der Waals surface area (Å²) in [4.78, 5) is 0. The molecule has 66 valence electrons. The maximum absolute atomic E-state index is 3.28. The zero-order valence-electron chi connectivity index (χ0n) is 8.28. The van der Waals surface area contributed by atoms with Gasteiger partial charge in [0.05, 0.1) is 0 Å². The second kappa shape index (κ2) is 3.26. The predicted molar refractivity (Wildman–Crippen MR) is 55.7 cm³/mol. The summed E-state index contributed by atoms with van der Waals surface area (Å²) < 4.78 is 0. The Hall–Kier alpha value is -1.22. The highest BCUT2D eigenvalue weighted by molar-refractivity contribution is 5.50. The summed E-state index contributed by atoms with van der Waals surface area (Å²) in [5.41, 5.74) is 5.45. The summed E-state index contributed by atoms with van der Waals surface area (Å²) in [5.74, 6) is 6.51. The summed E-state index contributed by atoms with van der Waals surface area (Å²) >= 11 is 0. The molecule has 0 N–H and O–H groups in total. The maximum Gasteiger partial charge on any atom is 0.0309 e. The molecule has 13 heavy (non-hydrogen) atoms. The standard InChI is InChI=1S/C13H14/c1-10-8-9-12-6-4-3-5-7-13(12)11(10)2/h8-9H,3-4,6H2,1-2H3. The highest BCUT2D eigenvalue weighted by atomic mass is 14.1. The normalized spacial score (nSPS) is 14.0. The molecule has 1 aliphatic rings. The Kier molecular flexibility index (Phi) is 2.10. The Bertz CT molecular complexity index is 388. The minimum Gasteiger partial charge on any atom is -0.0979 e. The van der Waals surface area contributed by atoms with E-state index in [1.165, 1.54) is 35.1 Å². The lowest BCUT2D eigenvalue weighted by Gasteiger charge is -2.08. The van der Waals surface area contributed by atoms with Gasteiger partial charge in [-0.1, -0.05) is 24.0 Å². The molecule has 0 aliphatic heterocycles. The van der Waals surface area contributed by atoms with E-state index in [1.807, 2.05) is 0 Å². The van der Waals surface area contributed by atoms with Crippen molar-refractivity contribution in [3.05, 3.63) is 34.4 Å². The summed E-state index contributed by atoms with van der Waals surface area (Å²) in [6.45, 7) is 4.33. The minimum atomic E-state index is 1.05. The molecule has 0 radical (unpaired) electrons. The molecule has 0 spiro atoms. The van der Waals surface area contributed by atoms with Crippen LogP contribution in [0.25, 0.3) is 0 Å². The SMILES string of the molecule is Cc1ccc2c(c1C)C#CCCC2. The Morgan fingerprint density at radius 2 is 2.08 bits per heavy atom. The largest absolute Gasteiger partial charge is 0.0979 e. The van der Waals surface area contributed by atoms with E-state index in [9.17, 15) is 0 Å². The molecular formula is C13H14. The van der Waals surface area contributed by atoms with Crippen LogP contribution in [0.3, 0.4) is 0 Å². The number of hydrogen-bond acceptors (Lipinski definition) is 0. The van der Waals surface area contributed by atoms with Crippen molar-refractivity contribution in [3.8, 4) is 11.8 Å². The molecule has 2 rings (SSSR count). The molecule has 0 fully saturated rings.